The number of fused-ring (bicyclic) bond motifs is 1. The third kappa shape index (κ3) is 1.42. The van der Waals surface area contributed by atoms with Crippen molar-refractivity contribution in [2.24, 2.45) is 5.84 Å². The summed E-state index contributed by atoms with van der Waals surface area (Å²) in [5.41, 5.74) is 6.77. The average Bonchev–Trinajstić information content (AvgIpc) is 2.15. The molecule has 0 radical (unpaired) electrons. The zero-order valence-corrected chi connectivity index (χ0v) is 8.33. The van der Waals surface area contributed by atoms with Crippen molar-refractivity contribution < 1.29 is 0 Å². The Hall–Kier alpha value is -1.61. The lowest BCUT2D eigenvalue weighted by Crippen LogP contribution is -2.07. The van der Waals surface area contributed by atoms with Gasteiger partial charge in [-0.2, -0.15) is 0 Å². The maximum atomic E-state index is 5.45. The Balaban J connectivity index is 2.81. The molecule has 1 aromatic carbocycles. The first-order valence-electron chi connectivity index (χ1n) is 4.55. The molecule has 72 valence electrons. The first-order chi connectivity index (χ1) is 6.70. The number of aryl methyl sites for hydroxylation is 2. The molecule has 0 saturated heterocycles. The van der Waals surface area contributed by atoms with Crippen LogP contribution in [0.1, 0.15) is 11.3 Å². The van der Waals surface area contributed by atoms with Gasteiger partial charge in [-0.05, 0) is 31.5 Å². The lowest BCUT2D eigenvalue weighted by molar-refractivity contribution is 1.23. The van der Waals surface area contributed by atoms with Gasteiger partial charge in [-0.1, -0.05) is 12.1 Å². The summed E-state index contributed by atoms with van der Waals surface area (Å²) in [5.74, 6) is 5.45. The number of aromatic nitrogens is 1. The van der Waals surface area contributed by atoms with Gasteiger partial charge in [-0.3, -0.25) is 10.8 Å². The predicted molar refractivity (Wildman–Crippen MR) is 59.0 cm³/mol. The van der Waals surface area contributed by atoms with E-state index in [0.29, 0.717) is 0 Å². The zero-order chi connectivity index (χ0) is 10.1. The van der Waals surface area contributed by atoms with Crippen LogP contribution < -0.4 is 11.3 Å². The van der Waals surface area contributed by atoms with E-state index in [1.165, 1.54) is 5.56 Å². The van der Waals surface area contributed by atoms with Crippen molar-refractivity contribution in [3.8, 4) is 0 Å². The second-order valence-corrected chi connectivity index (χ2v) is 3.48. The van der Waals surface area contributed by atoms with Gasteiger partial charge >= 0.3 is 0 Å². The summed E-state index contributed by atoms with van der Waals surface area (Å²) in [7, 11) is 0. The molecule has 2 rings (SSSR count). The van der Waals surface area contributed by atoms with Crippen LogP contribution in [-0.4, -0.2) is 4.98 Å². The fourth-order valence-corrected chi connectivity index (χ4v) is 1.59. The van der Waals surface area contributed by atoms with E-state index in [-0.39, 0.29) is 0 Å². The number of hydrogen-bond donors (Lipinski definition) is 2. The van der Waals surface area contributed by atoms with Gasteiger partial charge in [0.25, 0.3) is 0 Å². The van der Waals surface area contributed by atoms with Crippen molar-refractivity contribution in [1.29, 1.82) is 0 Å². The van der Waals surface area contributed by atoms with Crippen molar-refractivity contribution in [3.63, 3.8) is 0 Å². The standard InChI is InChI=1S/C11H13N3/c1-7-3-4-9-10(5-7)13-8(2)6-11(9)14-12/h3-6H,12H2,1-2H3,(H,13,14). The van der Waals surface area contributed by atoms with Gasteiger partial charge < -0.3 is 5.43 Å². The van der Waals surface area contributed by atoms with Crippen molar-refractivity contribution >= 4 is 16.6 Å². The number of nitrogens with two attached hydrogens (primary N) is 1. The molecule has 0 aliphatic rings. The number of nitrogens with one attached hydrogen (secondary N) is 1. The molecule has 3 heteroatoms. The summed E-state index contributed by atoms with van der Waals surface area (Å²) in [4.78, 5) is 4.45. The SMILES string of the molecule is Cc1ccc2c(NN)cc(C)nc2c1. The largest absolute Gasteiger partial charge is 0.323 e. The van der Waals surface area contributed by atoms with E-state index in [0.717, 1.165) is 22.3 Å². The number of nitrogen functional groups attached to an aromatic ring is 1. The highest BCUT2D eigenvalue weighted by Gasteiger charge is 2.02. The van der Waals surface area contributed by atoms with Crippen LogP contribution >= 0.6 is 0 Å². The Morgan fingerprint density at radius 2 is 2.00 bits per heavy atom. The fraction of sp³-hybridized carbons (Fsp3) is 0.182. The summed E-state index contributed by atoms with van der Waals surface area (Å²) >= 11 is 0. The third-order valence-corrected chi connectivity index (χ3v) is 2.25. The molecular formula is C11H13N3. The Labute approximate surface area is 82.9 Å². The summed E-state index contributed by atoms with van der Waals surface area (Å²) in [5, 5.41) is 1.06. The van der Waals surface area contributed by atoms with Crippen LogP contribution in [0.15, 0.2) is 24.3 Å². The Morgan fingerprint density at radius 1 is 1.21 bits per heavy atom. The molecule has 1 heterocycles. The molecule has 0 bridgehead atoms. The number of pyridine rings is 1. The minimum atomic E-state index is 0.924. The molecule has 3 nitrogen and oxygen atoms in total. The quantitative estimate of drug-likeness (QED) is 0.531. The van der Waals surface area contributed by atoms with E-state index >= 15 is 0 Å². The molecule has 0 aliphatic heterocycles. The van der Waals surface area contributed by atoms with Gasteiger partial charge in [-0.25, -0.2) is 0 Å². The van der Waals surface area contributed by atoms with Crippen LogP contribution in [-0.2, 0) is 0 Å². The second-order valence-electron chi connectivity index (χ2n) is 3.48. The van der Waals surface area contributed by atoms with Crippen molar-refractivity contribution in [2.45, 2.75) is 13.8 Å². The molecule has 0 saturated carbocycles. The summed E-state index contributed by atoms with van der Waals surface area (Å²) in [6, 6.07) is 8.09. The first kappa shape index (κ1) is 8.97. The number of nitrogens with zero attached hydrogens (tertiary/aromatic N) is 1. The lowest BCUT2D eigenvalue weighted by atomic mass is 10.1. The van der Waals surface area contributed by atoms with Crippen LogP contribution in [0.4, 0.5) is 5.69 Å². The van der Waals surface area contributed by atoms with Gasteiger partial charge in [-0.15, -0.1) is 0 Å². The predicted octanol–water partition coefficient (Wildman–Crippen LogP) is 2.14. The minimum absolute atomic E-state index is 0.924. The lowest BCUT2D eigenvalue weighted by Gasteiger charge is -2.07. The van der Waals surface area contributed by atoms with E-state index in [2.05, 4.69) is 29.5 Å². The van der Waals surface area contributed by atoms with E-state index < -0.39 is 0 Å². The zero-order valence-electron chi connectivity index (χ0n) is 8.33. The fourth-order valence-electron chi connectivity index (χ4n) is 1.59. The van der Waals surface area contributed by atoms with Crippen LogP contribution in [0, 0.1) is 13.8 Å². The Morgan fingerprint density at radius 3 is 2.71 bits per heavy atom. The summed E-state index contributed by atoms with van der Waals surface area (Å²) < 4.78 is 0. The molecule has 1 aromatic heterocycles. The van der Waals surface area contributed by atoms with Gasteiger partial charge in [0.05, 0.1) is 11.2 Å². The highest BCUT2D eigenvalue weighted by molar-refractivity contribution is 5.91. The normalized spacial score (nSPS) is 10.5. The summed E-state index contributed by atoms with van der Waals surface area (Å²) in [6.07, 6.45) is 0. The van der Waals surface area contributed by atoms with Gasteiger partial charge in [0.2, 0.25) is 0 Å². The Bertz CT molecular complexity index is 472. The molecule has 0 amide bonds. The van der Waals surface area contributed by atoms with Crippen molar-refractivity contribution in [2.75, 3.05) is 5.43 Å². The molecule has 0 atom stereocenters. The van der Waals surface area contributed by atoms with E-state index in [9.17, 15) is 0 Å². The third-order valence-electron chi connectivity index (χ3n) is 2.25. The number of rotatable bonds is 1. The molecule has 0 fully saturated rings. The Kier molecular flexibility index (Phi) is 2.09. The van der Waals surface area contributed by atoms with Gasteiger partial charge in [0.15, 0.2) is 0 Å². The smallest absolute Gasteiger partial charge is 0.0729 e. The second kappa shape index (κ2) is 3.27. The highest BCUT2D eigenvalue weighted by Crippen LogP contribution is 2.22. The number of anilines is 1. The topological polar surface area (TPSA) is 50.9 Å². The van der Waals surface area contributed by atoms with E-state index in [1.807, 2.05) is 19.1 Å². The van der Waals surface area contributed by atoms with Crippen molar-refractivity contribution in [1.82, 2.24) is 4.98 Å². The molecule has 0 spiro atoms. The average molecular weight is 187 g/mol. The monoisotopic (exact) mass is 187 g/mol. The van der Waals surface area contributed by atoms with Crippen LogP contribution in [0.5, 0.6) is 0 Å². The maximum absolute atomic E-state index is 5.45. The van der Waals surface area contributed by atoms with E-state index in [1.54, 1.807) is 0 Å². The number of hydrazine groups is 1. The van der Waals surface area contributed by atoms with Crippen LogP contribution in [0.3, 0.4) is 0 Å². The van der Waals surface area contributed by atoms with E-state index in [4.69, 9.17) is 5.84 Å². The number of benzene rings is 1. The molecule has 2 aromatic rings. The molecular weight excluding hydrogens is 174 g/mol. The summed E-state index contributed by atoms with van der Waals surface area (Å²) in [6.45, 7) is 4.02. The van der Waals surface area contributed by atoms with Crippen molar-refractivity contribution in [3.05, 3.63) is 35.5 Å². The minimum Gasteiger partial charge on any atom is -0.323 e. The van der Waals surface area contributed by atoms with Crippen LogP contribution in [0.25, 0.3) is 10.9 Å². The van der Waals surface area contributed by atoms with Gasteiger partial charge in [0, 0.05) is 11.1 Å². The van der Waals surface area contributed by atoms with Gasteiger partial charge in [0.1, 0.15) is 0 Å². The maximum Gasteiger partial charge on any atom is 0.0729 e. The highest BCUT2D eigenvalue weighted by atomic mass is 15.2. The van der Waals surface area contributed by atoms with Crippen LogP contribution in [0.2, 0.25) is 0 Å². The molecule has 14 heavy (non-hydrogen) atoms. The molecule has 0 unspecified atom stereocenters. The molecule has 3 N–H and O–H groups in total. The first-order valence-corrected chi connectivity index (χ1v) is 4.55. The number of hydrogen-bond acceptors (Lipinski definition) is 3. The molecule has 0 aliphatic carbocycles.